The van der Waals surface area contributed by atoms with E-state index in [2.05, 4.69) is 10.2 Å². The minimum atomic E-state index is -0.866. The Morgan fingerprint density at radius 2 is 1.59 bits per heavy atom. The molecule has 22 heavy (non-hydrogen) atoms. The van der Waals surface area contributed by atoms with E-state index < -0.39 is 11.9 Å². The summed E-state index contributed by atoms with van der Waals surface area (Å²) in [4.78, 5) is 26.4. The Bertz CT molecular complexity index is 629. The zero-order valence-electron chi connectivity index (χ0n) is 11.6. The number of benzene rings is 2. The molecule has 7 nitrogen and oxygen atoms in total. The van der Waals surface area contributed by atoms with E-state index in [4.69, 9.17) is 10.5 Å². The molecule has 0 aliphatic carbocycles. The third-order valence-corrected chi connectivity index (χ3v) is 2.49. The number of rotatable bonds is 6. The zero-order chi connectivity index (χ0) is 15.8. The first-order chi connectivity index (χ1) is 10.6. The third kappa shape index (κ3) is 5.14. The number of carbonyl (C=O) groups is 2. The molecule has 2 aromatic rings. The van der Waals surface area contributed by atoms with E-state index >= 15 is 0 Å². The normalized spacial score (nSPS) is 9.82. The Kier molecular flexibility index (Phi) is 5.33. The molecule has 2 aromatic carbocycles. The van der Waals surface area contributed by atoms with Crippen molar-refractivity contribution in [3.05, 3.63) is 54.6 Å². The number of urea groups is 1. The highest BCUT2D eigenvalue weighted by Gasteiger charge is 2.04. The van der Waals surface area contributed by atoms with E-state index in [0.29, 0.717) is 11.4 Å². The van der Waals surface area contributed by atoms with Gasteiger partial charge in [0.05, 0.1) is 0 Å². The molecule has 0 aromatic heterocycles. The lowest BCUT2D eigenvalue weighted by atomic mass is 10.3. The van der Waals surface area contributed by atoms with Crippen molar-refractivity contribution >= 4 is 17.6 Å². The van der Waals surface area contributed by atoms with Gasteiger partial charge < -0.3 is 15.8 Å². The number of nitrogens with two attached hydrogens (primary N) is 1. The van der Waals surface area contributed by atoms with Crippen molar-refractivity contribution in [2.75, 3.05) is 11.9 Å². The van der Waals surface area contributed by atoms with Gasteiger partial charge in [-0.05, 0) is 36.4 Å². The molecule has 0 aliphatic heterocycles. The van der Waals surface area contributed by atoms with Crippen LogP contribution in [-0.2, 0) is 9.63 Å². The number of carbonyl (C=O) groups excluding carboxylic acids is 2. The van der Waals surface area contributed by atoms with E-state index in [9.17, 15) is 9.59 Å². The van der Waals surface area contributed by atoms with Crippen molar-refractivity contribution < 1.29 is 19.2 Å². The number of ether oxygens (including phenoxy) is 1. The number of hydrogen-bond acceptors (Lipinski definition) is 4. The molecular weight excluding hydrogens is 286 g/mol. The summed E-state index contributed by atoms with van der Waals surface area (Å²) in [6.45, 7) is -0.342. The van der Waals surface area contributed by atoms with Crippen molar-refractivity contribution in [3.8, 4) is 11.5 Å². The summed E-state index contributed by atoms with van der Waals surface area (Å²) in [7, 11) is 0. The number of para-hydroxylation sites is 1. The Balaban J connectivity index is 1.84. The van der Waals surface area contributed by atoms with Crippen molar-refractivity contribution in [2.45, 2.75) is 0 Å². The van der Waals surface area contributed by atoms with E-state index in [1.54, 1.807) is 24.3 Å². The van der Waals surface area contributed by atoms with Gasteiger partial charge in [0.15, 0.2) is 6.61 Å². The number of hydrogen-bond donors (Lipinski definition) is 3. The van der Waals surface area contributed by atoms with Crippen LogP contribution in [0.2, 0.25) is 0 Å². The van der Waals surface area contributed by atoms with Crippen LogP contribution in [0.1, 0.15) is 0 Å². The Morgan fingerprint density at radius 1 is 0.955 bits per heavy atom. The fraction of sp³-hybridized carbons (Fsp3) is 0.0667. The largest absolute Gasteiger partial charge is 0.457 e. The van der Waals surface area contributed by atoms with Crippen molar-refractivity contribution in [3.63, 3.8) is 0 Å². The average Bonchev–Trinajstić information content (AvgIpc) is 2.50. The molecule has 114 valence electrons. The van der Waals surface area contributed by atoms with E-state index in [1.807, 2.05) is 35.8 Å². The van der Waals surface area contributed by atoms with E-state index in [0.717, 1.165) is 5.75 Å². The molecule has 0 bridgehead atoms. The van der Waals surface area contributed by atoms with Gasteiger partial charge in [-0.1, -0.05) is 18.2 Å². The van der Waals surface area contributed by atoms with Gasteiger partial charge >= 0.3 is 6.03 Å². The third-order valence-electron chi connectivity index (χ3n) is 2.49. The first-order valence-corrected chi connectivity index (χ1v) is 6.43. The average molecular weight is 301 g/mol. The second kappa shape index (κ2) is 7.65. The Morgan fingerprint density at radius 3 is 2.23 bits per heavy atom. The van der Waals surface area contributed by atoms with Gasteiger partial charge in [0.2, 0.25) is 0 Å². The highest BCUT2D eigenvalue weighted by molar-refractivity contribution is 5.91. The lowest BCUT2D eigenvalue weighted by Crippen LogP contribution is -2.32. The molecule has 2 rings (SSSR count). The summed E-state index contributed by atoms with van der Waals surface area (Å²) in [6.07, 6.45) is 0. The summed E-state index contributed by atoms with van der Waals surface area (Å²) in [6, 6.07) is 15.3. The molecule has 0 unspecified atom stereocenters. The van der Waals surface area contributed by atoms with E-state index in [1.165, 1.54) is 0 Å². The SMILES string of the molecule is NC(=O)NOCC(=O)Nc1ccc(Oc2ccccc2)cc1. The van der Waals surface area contributed by atoms with Crippen LogP contribution in [-0.4, -0.2) is 18.5 Å². The van der Waals surface area contributed by atoms with Crippen LogP contribution >= 0.6 is 0 Å². The predicted molar refractivity (Wildman–Crippen MR) is 80.3 cm³/mol. The molecule has 0 aliphatic rings. The van der Waals surface area contributed by atoms with Gasteiger partial charge in [-0.2, -0.15) is 0 Å². The number of anilines is 1. The quantitative estimate of drug-likeness (QED) is 0.710. The van der Waals surface area contributed by atoms with Gasteiger partial charge in [0, 0.05) is 5.69 Å². The highest BCUT2D eigenvalue weighted by Crippen LogP contribution is 2.22. The second-order valence-electron chi connectivity index (χ2n) is 4.24. The van der Waals surface area contributed by atoms with Crippen LogP contribution in [0.4, 0.5) is 10.5 Å². The van der Waals surface area contributed by atoms with Gasteiger partial charge in [0.1, 0.15) is 11.5 Å². The fourth-order valence-electron chi connectivity index (χ4n) is 1.60. The number of hydroxylamine groups is 1. The molecule has 0 atom stereocenters. The van der Waals surface area contributed by atoms with Gasteiger partial charge in [-0.15, -0.1) is 0 Å². The molecule has 3 amide bonds. The van der Waals surface area contributed by atoms with Crippen molar-refractivity contribution in [2.24, 2.45) is 5.73 Å². The summed E-state index contributed by atoms with van der Waals surface area (Å²) in [5, 5.41) is 2.60. The van der Waals surface area contributed by atoms with Crippen LogP contribution < -0.4 is 21.3 Å². The summed E-state index contributed by atoms with van der Waals surface area (Å²) < 4.78 is 5.63. The number of primary amides is 1. The van der Waals surface area contributed by atoms with Gasteiger partial charge in [-0.3, -0.25) is 9.63 Å². The fourth-order valence-corrected chi connectivity index (χ4v) is 1.60. The number of amides is 3. The van der Waals surface area contributed by atoms with Gasteiger partial charge in [-0.25, -0.2) is 10.3 Å². The van der Waals surface area contributed by atoms with Crippen molar-refractivity contribution in [1.82, 2.24) is 5.48 Å². The first-order valence-electron chi connectivity index (χ1n) is 6.43. The molecule has 0 spiro atoms. The molecule has 0 saturated heterocycles. The molecule has 7 heteroatoms. The van der Waals surface area contributed by atoms with Gasteiger partial charge in [0.25, 0.3) is 5.91 Å². The van der Waals surface area contributed by atoms with Crippen LogP contribution in [0.3, 0.4) is 0 Å². The molecule has 0 heterocycles. The molecule has 0 saturated carbocycles. The zero-order valence-corrected chi connectivity index (χ0v) is 11.6. The maximum absolute atomic E-state index is 11.5. The molecular formula is C15H15N3O4. The summed E-state index contributed by atoms with van der Waals surface area (Å²) >= 11 is 0. The van der Waals surface area contributed by atoms with E-state index in [-0.39, 0.29) is 6.61 Å². The monoisotopic (exact) mass is 301 g/mol. The topological polar surface area (TPSA) is 103 Å². The van der Waals surface area contributed by atoms with Crippen LogP contribution in [0.25, 0.3) is 0 Å². The Labute approximate surface area is 127 Å². The smallest absolute Gasteiger partial charge is 0.336 e. The van der Waals surface area contributed by atoms with Crippen LogP contribution in [0, 0.1) is 0 Å². The number of nitrogens with one attached hydrogen (secondary N) is 2. The van der Waals surface area contributed by atoms with Crippen LogP contribution in [0.5, 0.6) is 11.5 Å². The maximum atomic E-state index is 11.5. The molecule has 0 radical (unpaired) electrons. The minimum absolute atomic E-state index is 0.342. The summed E-state index contributed by atoms with van der Waals surface area (Å²) in [5.41, 5.74) is 7.22. The lowest BCUT2D eigenvalue weighted by Gasteiger charge is -2.08. The standard InChI is InChI=1S/C15H15N3O4/c16-15(20)18-21-10-14(19)17-11-6-8-13(9-7-11)22-12-4-2-1-3-5-12/h1-9H,10H2,(H,17,19)(H3,16,18,20). The van der Waals surface area contributed by atoms with Crippen LogP contribution in [0.15, 0.2) is 54.6 Å². The first kappa shape index (κ1) is 15.3. The molecule has 0 fully saturated rings. The second-order valence-corrected chi connectivity index (χ2v) is 4.24. The summed E-state index contributed by atoms with van der Waals surface area (Å²) in [5.74, 6) is 0.950. The Hall–Kier alpha value is -3.06. The van der Waals surface area contributed by atoms with Crippen molar-refractivity contribution in [1.29, 1.82) is 0 Å². The maximum Gasteiger partial charge on any atom is 0.336 e. The lowest BCUT2D eigenvalue weighted by molar-refractivity contribution is -0.122. The minimum Gasteiger partial charge on any atom is -0.457 e. The highest BCUT2D eigenvalue weighted by atomic mass is 16.7. The predicted octanol–water partition coefficient (Wildman–Crippen LogP) is 2.02. The molecule has 4 N–H and O–H groups in total.